The molecule has 2 aromatic rings. The van der Waals surface area contributed by atoms with Crippen LogP contribution in [0.1, 0.15) is 12.5 Å². The summed E-state index contributed by atoms with van der Waals surface area (Å²) in [5.74, 6) is 1.64. The van der Waals surface area contributed by atoms with E-state index in [1.54, 1.807) is 17.8 Å². The summed E-state index contributed by atoms with van der Waals surface area (Å²) < 4.78 is 6.09. The van der Waals surface area contributed by atoms with Gasteiger partial charge in [-0.2, -0.15) is 11.8 Å². The van der Waals surface area contributed by atoms with Crippen LogP contribution in [0, 0.1) is 0 Å². The van der Waals surface area contributed by atoms with Crippen LogP contribution in [0.2, 0.25) is 0 Å². The maximum Gasteiger partial charge on any atom is 0.336 e. The topological polar surface area (TPSA) is 56.2 Å². The molecule has 5 heteroatoms. The molecular weight excluding hydrogens is 314 g/mol. The molecule has 1 unspecified atom stereocenters. The van der Waals surface area contributed by atoms with Gasteiger partial charge in [-0.05, 0) is 30.7 Å². The molecule has 0 saturated carbocycles. The molecule has 2 N–H and O–H groups in total. The minimum absolute atomic E-state index is 0.163. The van der Waals surface area contributed by atoms with Crippen LogP contribution in [-0.4, -0.2) is 11.8 Å². The van der Waals surface area contributed by atoms with Gasteiger partial charge < -0.3 is 10.2 Å². The maximum atomic E-state index is 11.5. The zero-order chi connectivity index (χ0) is 13.1. The van der Waals surface area contributed by atoms with Gasteiger partial charge in [0, 0.05) is 33.5 Å². The van der Waals surface area contributed by atoms with Crippen molar-refractivity contribution in [2.75, 3.05) is 5.75 Å². The highest BCUT2D eigenvalue weighted by Crippen LogP contribution is 2.24. The number of hydrogen-bond acceptors (Lipinski definition) is 4. The van der Waals surface area contributed by atoms with Gasteiger partial charge in [-0.3, -0.25) is 0 Å². The first kappa shape index (κ1) is 13.6. The summed E-state index contributed by atoms with van der Waals surface area (Å²) in [5, 5.41) is 0.981. The molecule has 0 aliphatic carbocycles. The van der Waals surface area contributed by atoms with E-state index in [0.717, 1.165) is 26.9 Å². The van der Waals surface area contributed by atoms with E-state index in [4.69, 9.17) is 10.2 Å². The van der Waals surface area contributed by atoms with Crippen LogP contribution in [0.5, 0.6) is 0 Å². The Morgan fingerprint density at radius 3 is 2.94 bits per heavy atom. The standard InChI is InChI=1S/C13H14BrNO2S/c1-8(15)6-18-7-9-4-13(16)17-12-5-10(14)2-3-11(9)12/h2-5,8H,6-7,15H2,1H3. The molecule has 0 amide bonds. The van der Waals surface area contributed by atoms with Crippen LogP contribution >= 0.6 is 27.7 Å². The molecule has 18 heavy (non-hydrogen) atoms. The van der Waals surface area contributed by atoms with E-state index in [1.165, 1.54) is 0 Å². The quantitative estimate of drug-likeness (QED) is 0.876. The highest BCUT2D eigenvalue weighted by Gasteiger charge is 2.06. The maximum absolute atomic E-state index is 11.5. The van der Waals surface area contributed by atoms with Crippen molar-refractivity contribution < 1.29 is 4.42 Å². The van der Waals surface area contributed by atoms with Gasteiger partial charge in [0.25, 0.3) is 0 Å². The van der Waals surface area contributed by atoms with E-state index >= 15 is 0 Å². The largest absolute Gasteiger partial charge is 0.423 e. The molecule has 2 rings (SSSR count). The fraction of sp³-hybridized carbons (Fsp3) is 0.308. The fourth-order valence-electron chi connectivity index (χ4n) is 1.68. The number of nitrogens with two attached hydrogens (primary N) is 1. The molecule has 0 aliphatic rings. The van der Waals surface area contributed by atoms with E-state index in [2.05, 4.69) is 15.9 Å². The molecule has 1 heterocycles. The summed E-state index contributed by atoms with van der Waals surface area (Å²) in [7, 11) is 0. The fourth-order valence-corrected chi connectivity index (χ4v) is 2.97. The lowest BCUT2D eigenvalue weighted by Gasteiger charge is -2.07. The predicted molar refractivity (Wildman–Crippen MR) is 80.0 cm³/mol. The first-order valence-corrected chi connectivity index (χ1v) is 7.56. The van der Waals surface area contributed by atoms with Gasteiger partial charge in [-0.25, -0.2) is 4.79 Å². The third-order valence-corrected chi connectivity index (χ3v) is 4.20. The van der Waals surface area contributed by atoms with Crippen LogP contribution in [0.25, 0.3) is 11.0 Å². The molecule has 0 bridgehead atoms. The molecule has 0 radical (unpaired) electrons. The van der Waals surface area contributed by atoms with Crippen molar-refractivity contribution in [3.63, 3.8) is 0 Å². The number of thioether (sulfide) groups is 1. The van der Waals surface area contributed by atoms with Crippen molar-refractivity contribution in [1.29, 1.82) is 0 Å². The molecular formula is C13H14BrNO2S. The van der Waals surface area contributed by atoms with E-state index in [9.17, 15) is 4.79 Å². The number of hydrogen-bond donors (Lipinski definition) is 1. The Balaban J connectivity index is 2.34. The van der Waals surface area contributed by atoms with Gasteiger partial charge in [0.1, 0.15) is 5.58 Å². The Labute approximate surface area is 118 Å². The summed E-state index contributed by atoms with van der Waals surface area (Å²) in [6, 6.07) is 7.45. The minimum Gasteiger partial charge on any atom is -0.423 e. The minimum atomic E-state index is -0.308. The van der Waals surface area contributed by atoms with Gasteiger partial charge in [0.2, 0.25) is 0 Å². The van der Waals surface area contributed by atoms with E-state index in [-0.39, 0.29) is 11.7 Å². The Bertz CT molecular complexity index is 609. The zero-order valence-corrected chi connectivity index (χ0v) is 12.4. The van der Waals surface area contributed by atoms with Crippen LogP contribution in [0.3, 0.4) is 0 Å². The van der Waals surface area contributed by atoms with Crippen LogP contribution in [0.15, 0.2) is 37.9 Å². The van der Waals surface area contributed by atoms with Gasteiger partial charge in [-0.15, -0.1) is 0 Å². The average Bonchev–Trinajstić information content (AvgIpc) is 2.27. The number of fused-ring (bicyclic) bond motifs is 1. The normalized spacial score (nSPS) is 12.8. The van der Waals surface area contributed by atoms with Gasteiger partial charge in [0.15, 0.2) is 0 Å². The smallest absolute Gasteiger partial charge is 0.336 e. The monoisotopic (exact) mass is 327 g/mol. The van der Waals surface area contributed by atoms with Crippen molar-refractivity contribution in [2.45, 2.75) is 18.7 Å². The van der Waals surface area contributed by atoms with Crippen molar-refractivity contribution in [3.8, 4) is 0 Å². The third-order valence-electron chi connectivity index (χ3n) is 2.43. The lowest BCUT2D eigenvalue weighted by molar-refractivity contribution is 0.559. The SMILES string of the molecule is CC(N)CSCc1cc(=O)oc2cc(Br)ccc12. The molecule has 96 valence electrons. The molecule has 0 spiro atoms. The Kier molecular flexibility index (Phi) is 4.48. The average molecular weight is 328 g/mol. The van der Waals surface area contributed by atoms with Crippen LogP contribution < -0.4 is 11.4 Å². The van der Waals surface area contributed by atoms with E-state index < -0.39 is 0 Å². The van der Waals surface area contributed by atoms with Crippen molar-refractivity contribution in [1.82, 2.24) is 0 Å². The highest BCUT2D eigenvalue weighted by molar-refractivity contribution is 9.10. The molecule has 1 aromatic carbocycles. The van der Waals surface area contributed by atoms with Gasteiger partial charge in [-0.1, -0.05) is 15.9 Å². The molecule has 0 saturated heterocycles. The number of rotatable bonds is 4. The summed E-state index contributed by atoms with van der Waals surface area (Å²) in [6.45, 7) is 1.97. The second-order valence-electron chi connectivity index (χ2n) is 4.22. The Morgan fingerprint density at radius 1 is 1.44 bits per heavy atom. The predicted octanol–water partition coefficient (Wildman–Crippen LogP) is 3.14. The molecule has 3 nitrogen and oxygen atoms in total. The second kappa shape index (κ2) is 5.91. The van der Waals surface area contributed by atoms with Crippen molar-refractivity contribution in [2.24, 2.45) is 5.73 Å². The summed E-state index contributed by atoms with van der Waals surface area (Å²) in [5.41, 5.74) is 7.02. The van der Waals surface area contributed by atoms with Gasteiger partial charge >= 0.3 is 5.63 Å². The van der Waals surface area contributed by atoms with Crippen molar-refractivity contribution >= 4 is 38.7 Å². The molecule has 0 fully saturated rings. The zero-order valence-electron chi connectivity index (χ0n) is 9.98. The highest BCUT2D eigenvalue weighted by atomic mass is 79.9. The van der Waals surface area contributed by atoms with E-state index in [0.29, 0.717) is 5.58 Å². The Morgan fingerprint density at radius 2 is 2.22 bits per heavy atom. The molecule has 1 atom stereocenters. The third kappa shape index (κ3) is 3.37. The first-order chi connectivity index (χ1) is 8.56. The van der Waals surface area contributed by atoms with E-state index in [1.807, 2.05) is 25.1 Å². The van der Waals surface area contributed by atoms with Crippen molar-refractivity contribution in [3.05, 3.63) is 44.7 Å². The summed E-state index contributed by atoms with van der Waals surface area (Å²) >= 11 is 5.09. The van der Waals surface area contributed by atoms with Gasteiger partial charge in [0.05, 0.1) is 0 Å². The number of halogens is 1. The molecule has 1 aromatic heterocycles. The molecule has 0 aliphatic heterocycles. The first-order valence-electron chi connectivity index (χ1n) is 5.62. The van der Waals surface area contributed by atoms with Crippen LogP contribution in [0.4, 0.5) is 0 Å². The van der Waals surface area contributed by atoms with Crippen LogP contribution in [-0.2, 0) is 5.75 Å². The second-order valence-corrected chi connectivity index (χ2v) is 6.17. The number of benzene rings is 1. The lowest BCUT2D eigenvalue weighted by Crippen LogP contribution is -2.17. The Hall–Kier alpha value is -0.780. The summed E-state index contributed by atoms with van der Waals surface area (Å²) in [6.07, 6.45) is 0. The summed E-state index contributed by atoms with van der Waals surface area (Å²) in [4.78, 5) is 11.5. The lowest BCUT2D eigenvalue weighted by atomic mass is 10.1.